The summed E-state index contributed by atoms with van der Waals surface area (Å²) >= 11 is 0. The highest BCUT2D eigenvalue weighted by Gasteiger charge is 1.94. The van der Waals surface area contributed by atoms with Crippen LogP contribution in [0.1, 0.15) is 13.8 Å². The number of aliphatic hydroxyl groups is 1. The van der Waals surface area contributed by atoms with Crippen LogP contribution in [0.15, 0.2) is 0 Å². The summed E-state index contributed by atoms with van der Waals surface area (Å²) in [6.45, 7) is 2.92. The lowest BCUT2D eigenvalue weighted by atomic mass is 10.4. The molecule has 0 aliphatic heterocycles. The highest BCUT2D eigenvalue weighted by atomic mass is 16.5. The molecule has 4 heteroatoms. The van der Waals surface area contributed by atoms with Crippen molar-refractivity contribution in [2.45, 2.75) is 13.8 Å². The lowest BCUT2D eigenvalue weighted by Gasteiger charge is -1.94. The summed E-state index contributed by atoms with van der Waals surface area (Å²) in [7, 11) is 1.00. The van der Waals surface area contributed by atoms with E-state index in [1.165, 1.54) is 13.8 Å². The Morgan fingerprint density at radius 3 is 1.55 bits per heavy atom. The molecule has 0 saturated heterocycles. The summed E-state index contributed by atoms with van der Waals surface area (Å²) in [6.07, 6.45) is 0. The van der Waals surface area contributed by atoms with Crippen LogP contribution in [0.4, 0.5) is 0 Å². The highest BCUT2D eigenvalue weighted by Crippen LogP contribution is 1.76. The van der Waals surface area contributed by atoms with Crippen LogP contribution in [0.5, 0.6) is 0 Å². The van der Waals surface area contributed by atoms with Crippen LogP contribution in [0.2, 0.25) is 0 Å². The maximum atomic E-state index is 10.2. The number of ether oxygens (including phenoxy) is 1. The molecular formula is C7H14O4. The third kappa shape index (κ3) is 17.6. The van der Waals surface area contributed by atoms with Crippen molar-refractivity contribution in [3.8, 4) is 0 Å². The van der Waals surface area contributed by atoms with E-state index in [0.29, 0.717) is 0 Å². The largest absolute Gasteiger partial charge is 0.400 e. The first-order valence-corrected chi connectivity index (χ1v) is 3.14. The molecule has 0 spiro atoms. The smallest absolute Gasteiger partial charge is 0.155 e. The second-order valence-corrected chi connectivity index (χ2v) is 1.90. The van der Waals surface area contributed by atoms with E-state index >= 15 is 0 Å². The molecule has 0 aromatic rings. The average Bonchev–Trinajstić information content (AvgIpc) is 1.90. The van der Waals surface area contributed by atoms with Crippen LogP contribution in [-0.4, -0.2) is 37.0 Å². The molecule has 0 aromatic heterocycles. The monoisotopic (exact) mass is 162 g/mol. The second kappa shape index (κ2) is 9.26. The first-order chi connectivity index (χ1) is 5.13. The van der Waals surface area contributed by atoms with E-state index in [1.54, 1.807) is 0 Å². The minimum Gasteiger partial charge on any atom is -0.400 e. The predicted molar refractivity (Wildman–Crippen MR) is 40.3 cm³/mol. The lowest BCUT2D eigenvalue weighted by Crippen LogP contribution is -2.09. The van der Waals surface area contributed by atoms with E-state index in [1.807, 2.05) is 0 Å². The predicted octanol–water partition coefficient (Wildman–Crippen LogP) is -0.210. The molecule has 0 amide bonds. The molecule has 0 unspecified atom stereocenters. The van der Waals surface area contributed by atoms with E-state index in [0.717, 1.165) is 7.11 Å². The van der Waals surface area contributed by atoms with Crippen molar-refractivity contribution in [1.29, 1.82) is 0 Å². The van der Waals surface area contributed by atoms with E-state index in [-0.39, 0.29) is 24.8 Å². The zero-order chi connectivity index (χ0) is 9.28. The maximum absolute atomic E-state index is 10.2. The number of hydrogen-bond donors (Lipinski definition) is 1. The molecule has 1 N–H and O–H groups in total. The summed E-state index contributed by atoms with van der Waals surface area (Å²) in [5, 5.41) is 7.00. The number of rotatable bonds is 4. The lowest BCUT2D eigenvalue weighted by molar-refractivity contribution is -0.126. The molecule has 0 aliphatic rings. The SMILES string of the molecule is CC(=O)COCC(C)=O.CO. The van der Waals surface area contributed by atoms with Crippen LogP contribution in [0.25, 0.3) is 0 Å². The van der Waals surface area contributed by atoms with E-state index in [2.05, 4.69) is 4.74 Å². The summed E-state index contributed by atoms with van der Waals surface area (Å²) in [6, 6.07) is 0. The van der Waals surface area contributed by atoms with Crippen molar-refractivity contribution in [2.24, 2.45) is 0 Å². The summed E-state index contributed by atoms with van der Waals surface area (Å²) in [4.78, 5) is 20.4. The Morgan fingerprint density at radius 1 is 1.09 bits per heavy atom. The normalized spacial score (nSPS) is 8.00. The first kappa shape index (κ1) is 12.9. The number of carbonyl (C=O) groups excluding carboxylic acids is 2. The van der Waals surface area contributed by atoms with Crippen LogP contribution >= 0.6 is 0 Å². The minimum absolute atomic E-state index is 0.0412. The fourth-order valence-electron chi connectivity index (χ4n) is 0.338. The minimum atomic E-state index is -0.0590. The molecule has 0 atom stereocenters. The Hall–Kier alpha value is -0.740. The van der Waals surface area contributed by atoms with Gasteiger partial charge in [0.25, 0.3) is 0 Å². The first-order valence-electron chi connectivity index (χ1n) is 3.14. The summed E-state index contributed by atoms with van der Waals surface area (Å²) in [5.74, 6) is -0.118. The molecule has 0 aromatic carbocycles. The van der Waals surface area contributed by atoms with Crippen molar-refractivity contribution >= 4 is 11.6 Å². The molecule has 11 heavy (non-hydrogen) atoms. The zero-order valence-electron chi connectivity index (χ0n) is 7.09. The van der Waals surface area contributed by atoms with Gasteiger partial charge in [0.05, 0.1) is 0 Å². The van der Waals surface area contributed by atoms with E-state index < -0.39 is 0 Å². The second-order valence-electron chi connectivity index (χ2n) is 1.90. The van der Waals surface area contributed by atoms with Crippen molar-refractivity contribution < 1.29 is 19.4 Å². The molecule has 0 saturated carbocycles. The van der Waals surface area contributed by atoms with Gasteiger partial charge < -0.3 is 9.84 Å². The van der Waals surface area contributed by atoms with Crippen molar-refractivity contribution in [3.05, 3.63) is 0 Å². The van der Waals surface area contributed by atoms with E-state index in [9.17, 15) is 9.59 Å². The van der Waals surface area contributed by atoms with Gasteiger partial charge in [-0.3, -0.25) is 9.59 Å². The molecule has 0 fully saturated rings. The van der Waals surface area contributed by atoms with Crippen LogP contribution in [0, 0.1) is 0 Å². The van der Waals surface area contributed by atoms with Gasteiger partial charge in [0, 0.05) is 7.11 Å². The Morgan fingerprint density at radius 2 is 1.36 bits per heavy atom. The molecule has 4 nitrogen and oxygen atoms in total. The van der Waals surface area contributed by atoms with Crippen molar-refractivity contribution in [3.63, 3.8) is 0 Å². The van der Waals surface area contributed by atoms with E-state index in [4.69, 9.17) is 5.11 Å². The number of Topliss-reactive ketones (excluding diaryl/α,β-unsaturated/α-hetero) is 2. The number of hydrogen-bond acceptors (Lipinski definition) is 4. The molecule has 0 bridgehead atoms. The standard InChI is InChI=1S/C6H10O3.CH4O/c1-5(7)3-9-4-6(2)8;1-2/h3-4H2,1-2H3;2H,1H3. The van der Waals surface area contributed by atoms with Gasteiger partial charge in [-0.2, -0.15) is 0 Å². The van der Waals surface area contributed by atoms with Gasteiger partial charge in [-0.1, -0.05) is 0 Å². The van der Waals surface area contributed by atoms with Gasteiger partial charge in [0.2, 0.25) is 0 Å². The Labute approximate surface area is 66.2 Å². The van der Waals surface area contributed by atoms with Crippen LogP contribution < -0.4 is 0 Å². The van der Waals surface area contributed by atoms with Gasteiger partial charge >= 0.3 is 0 Å². The number of ketones is 2. The zero-order valence-corrected chi connectivity index (χ0v) is 7.09. The van der Waals surface area contributed by atoms with Gasteiger partial charge in [0.15, 0.2) is 11.6 Å². The van der Waals surface area contributed by atoms with Gasteiger partial charge in [0.1, 0.15) is 13.2 Å². The van der Waals surface area contributed by atoms with Crippen molar-refractivity contribution in [1.82, 2.24) is 0 Å². The number of aliphatic hydroxyl groups excluding tert-OH is 1. The van der Waals surface area contributed by atoms with Gasteiger partial charge in [-0.25, -0.2) is 0 Å². The van der Waals surface area contributed by atoms with Crippen LogP contribution in [0.3, 0.4) is 0 Å². The third-order valence-electron chi connectivity index (χ3n) is 0.611. The maximum Gasteiger partial charge on any atom is 0.155 e. The molecule has 0 aliphatic carbocycles. The Bertz CT molecular complexity index is 106. The Balaban J connectivity index is 0. The average molecular weight is 162 g/mol. The number of carbonyl (C=O) groups is 2. The quantitative estimate of drug-likeness (QED) is 0.621. The molecule has 0 heterocycles. The summed E-state index contributed by atoms with van der Waals surface area (Å²) < 4.78 is 4.66. The molecule has 0 radical (unpaired) electrons. The summed E-state index contributed by atoms with van der Waals surface area (Å²) in [5.41, 5.74) is 0. The third-order valence-corrected chi connectivity index (χ3v) is 0.611. The molecule has 66 valence electrons. The van der Waals surface area contributed by atoms with Gasteiger partial charge in [-0.05, 0) is 13.8 Å². The topological polar surface area (TPSA) is 63.6 Å². The van der Waals surface area contributed by atoms with Crippen LogP contribution in [-0.2, 0) is 14.3 Å². The van der Waals surface area contributed by atoms with Crippen molar-refractivity contribution in [2.75, 3.05) is 20.3 Å². The Kier molecular flexibility index (Phi) is 10.9. The van der Waals surface area contributed by atoms with Gasteiger partial charge in [-0.15, -0.1) is 0 Å². The molecular weight excluding hydrogens is 148 g/mol. The molecule has 0 rings (SSSR count). The fraction of sp³-hybridized carbons (Fsp3) is 0.714. The fourth-order valence-corrected chi connectivity index (χ4v) is 0.338. The highest BCUT2D eigenvalue weighted by molar-refractivity contribution is 5.79.